The van der Waals surface area contributed by atoms with Gasteiger partial charge in [-0.1, -0.05) is 53.2 Å². The quantitative estimate of drug-likeness (QED) is 0.455. The predicted molar refractivity (Wildman–Crippen MR) is 141 cm³/mol. The highest BCUT2D eigenvalue weighted by atomic mass is 79.9. The summed E-state index contributed by atoms with van der Waals surface area (Å²) < 4.78 is 2.32. The molecule has 0 bridgehead atoms. The highest BCUT2D eigenvalue weighted by molar-refractivity contribution is 9.10. The summed E-state index contributed by atoms with van der Waals surface area (Å²) >= 11 is 5.34. The van der Waals surface area contributed by atoms with Crippen LogP contribution in [0.3, 0.4) is 0 Å². The molecule has 34 heavy (non-hydrogen) atoms. The number of carbonyl (C=O) groups excluding carboxylic acids is 2. The van der Waals surface area contributed by atoms with Crippen LogP contribution < -0.4 is 0 Å². The molecule has 0 N–H and O–H groups in total. The van der Waals surface area contributed by atoms with Crippen LogP contribution >= 0.6 is 27.3 Å². The minimum atomic E-state index is -0.859. The van der Waals surface area contributed by atoms with Crippen molar-refractivity contribution in [3.05, 3.63) is 69.0 Å². The molecule has 2 aliphatic heterocycles. The van der Waals surface area contributed by atoms with Crippen molar-refractivity contribution >= 4 is 49.2 Å². The molecule has 0 aliphatic carbocycles. The van der Waals surface area contributed by atoms with Gasteiger partial charge in [-0.05, 0) is 55.0 Å². The maximum Gasteiger partial charge on any atom is 0.248 e. The fraction of sp³-hybridized carbons (Fsp3) is 0.407. The molecule has 178 valence electrons. The Kier molecular flexibility index (Phi) is 6.29. The van der Waals surface area contributed by atoms with Crippen LogP contribution in [0.4, 0.5) is 0 Å². The van der Waals surface area contributed by atoms with Crippen LogP contribution in [0.15, 0.2) is 53.0 Å². The average molecular weight is 541 g/mol. The third-order valence-corrected chi connectivity index (χ3v) is 9.10. The van der Waals surface area contributed by atoms with Gasteiger partial charge in [0, 0.05) is 46.8 Å². The van der Waals surface area contributed by atoms with E-state index in [4.69, 9.17) is 0 Å². The van der Waals surface area contributed by atoms with Gasteiger partial charge in [-0.2, -0.15) is 0 Å². The summed E-state index contributed by atoms with van der Waals surface area (Å²) in [6.07, 6.45) is 1.00. The molecule has 2 fully saturated rings. The molecule has 2 aromatic carbocycles. The van der Waals surface area contributed by atoms with Gasteiger partial charge in [-0.25, -0.2) is 0 Å². The fourth-order valence-electron chi connectivity index (χ4n) is 5.24. The Balaban J connectivity index is 1.39. The summed E-state index contributed by atoms with van der Waals surface area (Å²) in [5, 5.41) is 1.32. The van der Waals surface area contributed by atoms with Crippen LogP contribution in [-0.4, -0.2) is 57.7 Å². The van der Waals surface area contributed by atoms with Crippen LogP contribution in [-0.2, 0) is 29.1 Å². The number of hydrogen-bond acceptors (Lipinski definition) is 4. The number of hydrogen-bond donors (Lipinski definition) is 0. The van der Waals surface area contributed by atoms with E-state index in [0.717, 1.165) is 29.5 Å². The number of aryl methyl sites for hydroxylation is 1. The van der Waals surface area contributed by atoms with Crippen molar-refractivity contribution < 1.29 is 9.59 Å². The number of fused-ring (bicyclic) bond motifs is 2. The summed E-state index contributed by atoms with van der Waals surface area (Å²) in [6, 6.07) is 16.1. The smallest absolute Gasteiger partial charge is 0.248 e. The van der Waals surface area contributed by atoms with Gasteiger partial charge in [0.1, 0.15) is 11.6 Å². The van der Waals surface area contributed by atoms with E-state index in [2.05, 4.69) is 52.0 Å². The second-order valence-corrected chi connectivity index (χ2v) is 11.8. The van der Waals surface area contributed by atoms with E-state index in [1.165, 1.54) is 20.5 Å². The van der Waals surface area contributed by atoms with Crippen molar-refractivity contribution in [2.24, 2.45) is 0 Å². The van der Waals surface area contributed by atoms with E-state index in [-0.39, 0.29) is 11.8 Å². The molecule has 7 heteroatoms. The largest absolute Gasteiger partial charge is 0.326 e. The molecular formula is C27H30BrN3O2S. The molecule has 2 amide bonds. The number of piperazine rings is 2. The Labute approximate surface area is 213 Å². The molecule has 2 aliphatic rings. The summed E-state index contributed by atoms with van der Waals surface area (Å²) in [7, 11) is 0. The minimum absolute atomic E-state index is 0.0445. The summed E-state index contributed by atoms with van der Waals surface area (Å²) in [6.45, 7) is 9.15. The topological polar surface area (TPSA) is 43.9 Å². The van der Waals surface area contributed by atoms with Gasteiger partial charge in [-0.15, -0.1) is 11.3 Å². The molecule has 1 aromatic heterocycles. The normalized spacial score (nSPS) is 20.8. The van der Waals surface area contributed by atoms with Crippen molar-refractivity contribution in [1.29, 1.82) is 0 Å². The Morgan fingerprint density at radius 3 is 2.50 bits per heavy atom. The summed E-state index contributed by atoms with van der Waals surface area (Å²) in [5.74, 6) is 0.0900. The lowest BCUT2D eigenvalue weighted by Gasteiger charge is -2.52. The maximum atomic E-state index is 13.8. The lowest BCUT2D eigenvalue weighted by atomic mass is 9.91. The van der Waals surface area contributed by atoms with Crippen molar-refractivity contribution in [3.8, 4) is 0 Å². The Bertz CT molecular complexity index is 1240. The highest BCUT2D eigenvalue weighted by Crippen LogP contribution is 2.35. The SMILES string of the molecule is CCc1sc2ccccc2c1CN1CCN2C(=O)C(C)(C)N(Cc3ccc(Br)cc3)C(=O)C2C1. The van der Waals surface area contributed by atoms with Gasteiger partial charge in [0.05, 0.1) is 0 Å². The highest BCUT2D eigenvalue weighted by Gasteiger charge is 2.52. The Morgan fingerprint density at radius 2 is 1.76 bits per heavy atom. The van der Waals surface area contributed by atoms with Crippen molar-refractivity contribution in [3.63, 3.8) is 0 Å². The third-order valence-electron chi connectivity index (χ3n) is 7.21. The standard InChI is InChI=1S/C27H30BrN3O2S/c1-4-23-21(20-7-5-6-8-24(20)34-23)16-29-13-14-30-22(17-29)25(32)31(27(2,3)26(30)33)15-18-9-11-19(28)12-10-18/h5-12,22H,4,13-17H2,1-3H3. The molecule has 5 nitrogen and oxygen atoms in total. The van der Waals surface area contributed by atoms with Crippen LogP contribution in [0.5, 0.6) is 0 Å². The van der Waals surface area contributed by atoms with E-state index in [1.54, 1.807) is 4.90 Å². The number of halogens is 1. The molecule has 2 saturated heterocycles. The maximum absolute atomic E-state index is 13.8. The van der Waals surface area contributed by atoms with Gasteiger partial charge in [0.15, 0.2) is 0 Å². The van der Waals surface area contributed by atoms with Crippen molar-refractivity contribution in [1.82, 2.24) is 14.7 Å². The number of nitrogens with zero attached hydrogens (tertiary/aromatic N) is 3. The van der Waals surface area contributed by atoms with Gasteiger partial charge >= 0.3 is 0 Å². The van der Waals surface area contributed by atoms with Crippen LogP contribution in [0.1, 0.15) is 36.8 Å². The second kappa shape index (κ2) is 9.10. The number of thiophene rings is 1. The molecule has 5 rings (SSSR count). The second-order valence-electron chi connectivity index (χ2n) is 9.71. The fourth-order valence-corrected chi connectivity index (χ4v) is 6.66. The zero-order chi connectivity index (χ0) is 24.0. The van der Waals surface area contributed by atoms with Gasteiger partial charge in [-0.3, -0.25) is 14.5 Å². The van der Waals surface area contributed by atoms with E-state index < -0.39 is 11.6 Å². The van der Waals surface area contributed by atoms with Gasteiger partial charge in [0.2, 0.25) is 11.8 Å². The predicted octanol–water partition coefficient (Wildman–Crippen LogP) is 5.06. The number of benzene rings is 2. The van der Waals surface area contributed by atoms with Crippen LogP contribution in [0.2, 0.25) is 0 Å². The van der Waals surface area contributed by atoms with Gasteiger partial charge < -0.3 is 9.80 Å². The number of carbonyl (C=O) groups is 2. The number of amides is 2. The first-order chi connectivity index (χ1) is 16.3. The van der Waals surface area contributed by atoms with E-state index in [1.807, 2.05) is 54.3 Å². The first-order valence-corrected chi connectivity index (χ1v) is 13.5. The first-order valence-electron chi connectivity index (χ1n) is 11.9. The zero-order valence-corrected chi connectivity index (χ0v) is 22.3. The van der Waals surface area contributed by atoms with Crippen molar-refractivity contribution in [2.45, 2.75) is 51.9 Å². The summed E-state index contributed by atoms with van der Waals surface area (Å²) in [4.78, 5) is 34.6. The molecule has 1 atom stereocenters. The van der Waals surface area contributed by atoms with E-state index in [9.17, 15) is 9.59 Å². The van der Waals surface area contributed by atoms with E-state index in [0.29, 0.717) is 19.6 Å². The summed E-state index contributed by atoms with van der Waals surface area (Å²) in [5.41, 5.74) is 1.54. The molecular weight excluding hydrogens is 510 g/mol. The molecule has 3 heterocycles. The molecule has 3 aromatic rings. The van der Waals surface area contributed by atoms with E-state index >= 15 is 0 Å². The monoisotopic (exact) mass is 539 g/mol. The zero-order valence-electron chi connectivity index (χ0n) is 19.9. The Morgan fingerprint density at radius 1 is 1.03 bits per heavy atom. The molecule has 0 radical (unpaired) electrons. The third kappa shape index (κ3) is 4.08. The lowest BCUT2D eigenvalue weighted by molar-refractivity contribution is -0.173. The van der Waals surface area contributed by atoms with Crippen LogP contribution in [0.25, 0.3) is 10.1 Å². The van der Waals surface area contributed by atoms with Crippen molar-refractivity contribution in [2.75, 3.05) is 19.6 Å². The number of rotatable bonds is 5. The molecule has 0 saturated carbocycles. The molecule has 1 unspecified atom stereocenters. The average Bonchev–Trinajstić information content (AvgIpc) is 3.19. The van der Waals surface area contributed by atoms with Gasteiger partial charge in [0.25, 0.3) is 0 Å². The lowest BCUT2D eigenvalue weighted by Crippen LogP contribution is -2.73. The Hall–Kier alpha value is -2.22. The first kappa shape index (κ1) is 23.5. The molecule has 0 spiro atoms. The minimum Gasteiger partial charge on any atom is -0.326 e. The van der Waals surface area contributed by atoms with Crippen LogP contribution in [0, 0.1) is 0 Å².